The molecule has 0 bridgehead atoms. The summed E-state index contributed by atoms with van der Waals surface area (Å²) in [5.74, 6) is 1.65. The maximum absolute atomic E-state index is 12.0. The molecule has 1 aromatic rings. The van der Waals surface area contributed by atoms with E-state index in [4.69, 9.17) is 0 Å². The largest absolute Gasteiger partial charge is 0.266 e. The van der Waals surface area contributed by atoms with Gasteiger partial charge in [0.1, 0.15) is 0 Å². The quantitative estimate of drug-likeness (QED) is 0.516. The highest BCUT2D eigenvalue weighted by Gasteiger charge is 2.21. The molecule has 0 nitrogen and oxygen atoms in total. The van der Waals surface area contributed by atoms with Crippen molar-refractivity contribution in [2.45, 2.75) is 70.6 Å². The van der Waals surface area contributed by atoms with Gasteiger partial charge in [-0.2, -0.15) is 8.78 Å². The van der Waals surface area contributed by atoms with Gasteiger partial charge in [-0.05, 0) is 67.6 Å². The number of unbranched alkanes of at least 4 members (excludes halogenated alkanes) is 1. The third kappa shape index (κ3) is 5.55. The Hall–Kier alpha value is -1.18. The van der Waals surface area contributed by atoms with Crippen LogP contribution in [0, 0.1) is 5.92 Å². The second-order valence-corrected chi connectivity index (χ2v) is 6.63. The first-order valence-electron chi connectivity index (χ1n) is 8.79. The molecule has 122 valence electrons. The molecule has 1 saturated carbocycles. The van der Waals surface area contributed by atoms with Crippen LogP contribution in [0.1, 0.15) is 75.3 Å². The molecular weight excluding hydrogens is 278 g/mol. The van der Waals surface area contributed by atoms with Gasteiger partial charge in [0.05, 0.1) is 0 Å². The van der Waals surface area contributed by atoms with E-state index in [9.17, 15) is 8.78 Å². The molecule has 0 saturated heterocycles. The number of allylic oxidation sites excluding steroid dienone is 1. The molecule has 2 heteroatoms. The van der Waals surface area contributed by atoms with Crippen LogP contribution in [-0.4, -0.2) is 0 Å². The molecule has 0 heterocycles. The molecule has 2 rings (SSSR count). The van der Waals surface area contributed by atoms with E-state index in [1.807, 2.05) is 0 Å². The average molecular weight is 306 g/mol. The number of hydrogen-bond acceptors (Lipinski definition) is 0. The Morgan fingerprint density at radius 3 is 2.36 bits per heavy atom. The van der Waals surface area contributed by atoms with E-state index in [1.54, 1.807) is 0 Å². The average Bonchev–Trinajstić information content (AvgIpc) is 2.54. The summed E-state index contributed by atoms with van der Waals surface area (Å²) in [4.78, 5) is 0. The van der Waals surface area contributed by atoms with Crippen molar-refractivity contribution in [3.05, 3.63) is 47.5 Å². The van der Waals surface area contributed by atoms with Gasteiger partial charge < -0.3 is 0 Å². The molecule has 1 aromatic carbocycles. The zero-order chi connectivity index (χ0) is 15.8. The molecule has 0 aromatic heterocycles. The van der Waals surface area contributed by atoms with Crippen LogP contribution < -0.4 is 0 Å². The molecule has 0 spiro atoms. The molecule has 0 N–H and O–H groups in total. The van der Waals surface area contributed by atoms with Crippen molar-refractivity contribution in [3.8, 4) is 0 Å². The summed E-state index contributed by atoms with van der Waals surface area (Å²) in [6.07, 6.45) is 9.99. The van der Waals surface area contributed by atoms with Crippen LogP contribution in [0.3, 0.4) is 0 Å². The van der Waals surface area contributed by atoms with Gasteiger partial charge in [-0.1, -0.05) is 50.5 Å². The second kappa shape index (κ2) is 9.07. The van der Waals surface area contributed by atoms with Crippen LogP contribution in [0.5, 0.6) is 0 Å². The Labute approximate surface area is 133 Å². The summed E-state index contributed by atoms with van der Waals surface area (Å²) in [6, 6.07) is 8.65. The summed E-state index contributed by atoms with van der Waals surface area (Å²) in [6.45, 7) is 2.27. The fourth-order valence-electron chi connectivity index (χ4n) is 3.58. The van der Waals surface area contributed by atoms with E-state index in [1.165, 1.54) is 50.5 Å². The van der Waals surface area contributed by atoms with Crippen LogP contribution in [0.15, 0.2) is 36.4 Å². The maximum Gasteiger partial charge on any atom is 0.266 e. The predicted molar refractivity (Wildman–Crippen MR) is 89.3 cm³/mol. The fourth-order valence-corrected chi connectivity index (χ4v) is 3.58. The van der Waals surface area contributed by atoms with Crippen LogP contribution in [-0.2, 0) is 6.42 Å². The molecule has 0 radical (unpaired) electrons. The van der Waals surface area contributed by atoms with E-state index in [0.29, 0.717) is 18.8 Å². The maximum atomic E-state index is 12.0. The van der Waals surface area contributed by atoms with Crippen molar-refractivity contribution >= 4 is 0 Å². The zero-order valence-electron chi connectivity index (χ0n) is 13.7. The Morgan fingerprint density at radius 2 is 1.77 bits per heavy atom. The third-order valence-corrected chi connectivity index (χ3v) is 5.00. The summed E-state index contributed by atoms with van der Waals surface area (Å²) in [7, 11) is 0. The Morgan fingerprint density at radius 1 is 1.09 bits per heavy atom. The monoisotopic (exact) mass is 306 g/mol. The van der Waals surface area contributed by atoms with E-state index < -0.39 is 6.08 Å². The number of hydrogen-bond donors (Lipinski definition) is 0. The van der Waals surface area contributed by atoms with E-state index >= 15 is 0 Å². The van der Waals surface area contributed by atoms with Crippen molar-refractivity contribution in [2.75, 3.05) is 0 Å². The molecule has 0 amide bonds. The van der Waals surface area contributed by atoms with Crippen LogP contribution in [0.2, 0.25) is 0 Å². The standard InChI is InChI=1S/C20H28F2/c1-2-3-5-16-8-12-18(13-9-16)19-14-10-17(11-15-19)6-4-7-20(21)22/h7,10-11,14-16,18H,2-6,8-9,12-13H2,1H3/t16-,18-. The lowest BCUT2D eigenvalue weighted by Gasteiger charge is -2.29. The molecule has 0 aliphatic heterocycles. The van der Waals surface area contributed by atoms with Gasteiger partial charge in [-0.25, -0.2) is 0 Å². The van der Waals surface area contributed by atoms with Gasteiger partial charge in [0, 0.05) is 0 Å². The molecule has 1 aliphatic carbocycles. The lowest BCUT2D eigenvalue weighted by Crippen LogP contribution is -2.13. The van der Waals surface area contributed by atoms with Gasteiger partial charge >= 0.3 is 0 Å². The van der Waals surface area contributed by atoms with Crippen LogP contribution in [0.4, 0.5) is 8.78 Å². The van der Waals surface area contributed by atoms with Gasteiger partial charge in [-0.3, -0.25) is 0 Å². The smallest absolute Gasteiger partial charge is 0.174 e. The van der Waals surface area contributed by atoms with Gasteiger partial charge in [0.2, 0.25) is 0 Å². The minimum Gasteiger partial charge on any atom is -0.174 e. The first-order valence-corrected chi connectivity index (χ1v) is 8.79. The Bertz CT molecular complexity index is 449. The SMILES string of the molecule is CCCC[C@H]1CC[C@H](c2ccc(CCC=C(F)F)cc2)CC1. The van der Waals surface area contributed by atoms with Crippen molar-refractivity contribution in [1.82, 2.24) is 0 Å². The third-order valence-electron chi connectivity index (χ3n) is 5.00. The van der Waals surface area contributed by atoms with Crippen molar-refractivity contribution in [3.63, 3.8) is 0 Å². The Balaban J connectivity index is 1.80. The highest BCUT2D eigenvalue weighted by atomic mass is 19.3. The molecule has 22 heavy (non-hydrogen) atoms. The molecule has 0 unspecified atom stereocenters. The minimum absolute atomic E-state index is 0.421. The van der Waals surface area contributed by atoms with Crippen molar-refractivity contribution < 1.29 is 8.78 Å². The van der Waals surface area contributed by atoms with Crippen molar-refractivity contribution in [1.29, 1.82) is 0 Å². The molecule has 1 aliphatic rings. The fraction of sp³-hybridized carbons (Fsp3) is 0.600. The highest BCUT2D eigenvalue weighted by molar-refractivity contribution is 5.26. The van der Waals surface area contributed by atoms with Crippen LogP contribution >= 0.6 is 0 Å². The number of rotatable bonds is 7. The van der Waals surface area contributed by atoms with Gasteiger partial charge in [-0.15, -0.1) is 0 Å². The lowest BCUT2D eigenvalue weighted by molar-refractivity contribution is 0.304. The van der Waals surface area contributed by atoms with Crippen LogP contribution in [0.25, 0.3) is 0 Å². The summed E-state index contributed by atoms with van der Waals surface area (Å²) in [5, 5.41) is 0. The highest BCUT2D eigenvalue weighted by Crippen LogP contribution is 2.37. The first kappa shape index (κ1) is 17.2. The number of benzene rings is 1. The minimum atomic E-state index is -1.57. The second-order valence-electron chi connectivity index (χ2n) is 6.63. The lowest BCUT2D eigenvalue weighted by atomic mass is 9.77. The topological polar surface area (TPSA) is 0 Å². The van der Waals surface area contributed by atoms with Gasteiger partial charge in [0.25, 0.3) is 6.08 Å². The van der Waals surface area contributed by atoms with E-state index in [-0.39, 0.29) is 0 Å². The van der Waals surface area contributed by atoms with E-state index in [2.05, 4.69) is 31.2 Å². The molecule has 1 fully saturated rings. The number of halogens is 2. The number of aryl methyl sites for hydroxylation is 1. The molecule has 0 atom stereocenters. The van der Waals surface area contributed by atoms with Crippen molar-refractivity contribution in [2.24, 2.45) is 5.92 Å². The predicted octanol–water partition coefficient (Wildman–Crippen LogP) is 6.86. The van der Waals surface area contributed by atoms with Gasteiger partial charge in [0.15, 0.2) is 0 Å². The normalized spacial score (nSPS) is 21.6. The zero-order valence-corrected chi connectivity index (χ0v) is 13.7. The molecular formula is C20H28F2. The van der Waals surface area contributed by atoms with E-state index in [0.717, 1.165) is 17.6 Å². The Kier molecular flexibility index (Phi) is 7.08. The first-order chi connectivity index (χ1) is 10.7. The summed E-state index contributed by atoms with van der Waals surface area (Å²) < 4.78 is 24.0. The summed E-state index contributed by atoms with van der Waals surface area (Å²) >= 11 is 0. The summed E-state index contributed by atoms with van der Waals surface area (Å²) in [5.41, 5.74) is 2.59.